The number of hydrogen-bond donors (Lipinski definition) is 3. The highest BCUT2D eigenvalue weighted by Crippen LogP contribution is 2.34. The van der Waals surface area contributed by atoms with E-state index in [0.29, 0.717) is 28.7 Å². The lowest BCUT2D eigenvalue weighted by Gasteiger charge is -2.16. The van der Waals surface area contributed by atoms with Crippen molar-refractivity contribution in [3.8, 4) is 0 Å². The lowest BCUT2D eigenvalue weighted by Crippen LogP contribution is -2.21. The zero-order valence-electron chi connectivity index (χ0n) is 20.5. The standard InChI is InChI=1S/C23H26F3N7O3S/c1-5-37(35,36)32-19-16(7-6-14(2)29-19)12-27-20-18(23(24,25)26)13-28-22(31-20)30-17-10-8-15(9-11-17)21(34)33(3)4/h6-11,13H,5,12H2,1-4H3,(H,29,32)(H2,27,28,30,31). The predicted molar refractivity (Wildman–Crippen MR) is 134 cm³/mol. The second kappa shape index (κ2) is 11.0. The number of hydrogen-bond acceptors (Lipinski definition) is 8. The highest BCUT2D eigenvalue weighted by molar-refractivity contribution is 7.92. The van der Waals surface area contributed by atoms with Gasteiger partial charge in [0.15, 0.2) is 0 Å². The topological polar surface area (TPSA) is 129 Å². The Hall–Kier alpha value is -3.94. The predicted octanol–water partition coefficient (Wildman–Crippen LogP) is 4.02. The van der Waals surface area contributed by atoms with Gasteiger partial charge in [-0.3, -0.25) is 9.52 Å². The zero-order chi connectivity index (χ0) is 27.4. The molecule has 0 fully saturated rings. The fourth-order valence-corrected chi connectivity index (χ4v) is 3.70. The minimum absolute atomic E-state index is 0.0164. The number of aryl methyl sites for hydroxylation is 1. The second-order valence-electron chi connectivity index (χ2n) is 8.17. The summed E-state index contributed by atoms with van der Waals surface area (Å²) in [7, 11) is -0.423. The van der Waals surface area contributed by atoms with Crippen LogP contribution in [0.5, 0.6) is 0 Å². The SMILES string of the molecule is CCS(=O)(=O)Nc1nc(C)ccc1CNc1nc(Nc2ccc(C(=O)N(C)C)cc2)ncc1C(F)(F)F. The van der Waals surface area contributed by atoms with Crippen LogP contribution in [0.2, 0.25) is 0 Å². The van der Waals surface area contributed by atoms with Crippen LogP contribution in [-0.2, 0) is 22.7 Å². The number of benzene rings is 1. The lowest BCUT2D eigenvalue weighted by molar-refractivity contribution is -0.137. The second-order valence-corrected chi connectivity index (χ2v) is 10.2. The van der Waals surface area contributed by atoms with Gasteiger partial charge in [-0.25, -0.2) is 18.4 Å². The molecule has 0 bridgehead atoms. The third-order valence-corrected chi connectivity index (χ3v) is 6.35. The first-order valence-electron chi connectivity index (χ1n) is 11.0. The minimum atomic E-state index is -4.74. The van der Waals surface area contributed by atoms with E-state index in [-0.39, 0.29) is 30.0 Å². The van der Waals surface area contributed by atoms with Crippen LogP contribution in [0.25, 0.3) is 0 Å². The monoisotopic (exact) mass is 537 g/mol. The fourth-order valence-electron chi connectivity index (χ4n) is 3.08. The number of carbonyl (C=O) groups is 1. The van der Waals surface area contributed by atoms with E-state index in [4.69, 9.17) is 0 Å². The molecule has 2 aromatic heterocycles. The summed E-state index contributed by atoms with van der Waals surface area (Å²) < 4.78 is 67.3. The van der Waals surface area contributed by atoms with Gasteiger partial charge in [0, 0.05) is 49.3 Å². The molecular weight excluding hydrogens is 511 g/mol. The Labute approximate surface area is 212 Å². The largest absolute Gasteiger partial charge is 0.421 e. The molecule has 3 rings (SSSR count). The first-order valence-corrected chi connectivity index (χ1v) is 12.7. The number of sulfonamides is 1. The van der Waals surface area contributed by atoms with Gasteiger partial charge in [-0.15, -0.1) is 0 Å². The van der Waals surface area contributed by atoms with E-state index in [2.05, 4.69) is 30.3 Å². The number of nitrogens with one attached hydrogen (secondary N) is 3. The van der Waals surface area contributed by atoms with Gasteiger partial charge in [-0.1, -0.05) is 6.07 Å². The van der Waals surface area contributed by atoms with E-state index in [0.717, 1.165) is 0 Å². The average Bonchev–Trinajstić information content (AvgIpc) is 2.82. The Morgan fingerprint density at radius 3 is 2.30 bits per heavy atom. The number of aromatic nitrogens is 3. The van der Waals surface area contributed by atoms with Gasteiger partial charge in [-0.05, 0) is 44.2 Å². The van der Waals surface area contributed by atoms with E-state index in [1.807, 2.05) is 0 Å². The minimum Gasteiger partial charge on any atom is -0.365 e. The van der Waals surface area contributed by atoms with E-state index < -0.39 is 27.6 Å². The van der Waals surface area contributed by atoms with Crippen molar-refractivity contribution in [3.05, 3.63) is 65.0 Å². The van der Waals surface area contributed by atoms with Crippen molar-refractivity contribution in [1.29, 1.82) is 0 Å². The summed E-state index contributed by atoms with van der Waals surface area (Å²) in [6.07, 6.45) is -4.09. The number of pyridine rings is 1. The molecule has 0 radical (unpaired) electrons. The third-order valence-electron chi connectivity index (χ3n) is 5.08. The Kier molecular flexibility index (Phi) is 8.21. The van der Waals surface area contributed by atoms with Crippen LogP contribution in [0.4, 0.5) is 36.4 Å². The Bertz CT molecular complexity index is 1380. The molecule has 14 heteroatoms. The maximum atomic E-state index is 13.6. The summed E-state index contributed by atoms with van der Waals surface area (Å²) in [5, 5.41) is 5.44. The molecule has 10 nitrogen and oxygen atoms in total. The van der Waals surface area contributed by atoms with E-state index in [9.17, 15) is 26.4 Å². The van der Waals surface area contributed by atoms with Crippen LogP contribution >= 0.6 is 0 Å². The summed E-state index contributed by atoms with van der Waals surface area (Å²) in [5.41, 5.74) is 0.651. The summed E-state index contributed by atoms with van der Waals surface area (Å²) in [5.74, 6) is -0.998. The van der Waals surface area contributed by atoms with Gasteiger partial charge in [0.05, 0.1) is 5.75 Å². The average molecular weight is 538 g/mol. The molecular formula is C23H26F3N7O3S. The molecule has 0 aliphatic rings. The highest BCUT2D eigenvalue weighted by Gasteiger charge is 2.35. The van der Waals surface area contributed by atoms with Gasteiger partial charge in [-0.2, -0.15) is 18.2 Å². The van der Waals surface area contributed by atoms with Crippen molar-refractivity contribution < 1.29 is 26.4 Å². The van der Waals surface area contributed by atoms with E-state index in [1.165, 1.54) is 11.8 Å². The van der Waals surface area contributed by atoms with E-state index >= 15 is 0 Å². The quantitative estimate of drug-likeness (QED) is 0.373. The van der Waals surface area contributed by atoms with Gasteiger partial charge in [0.1, 0.15) is 17.2 Å². The van der Waals surface area contributed by atoms with Gasteiger partial charge < -0.3 is 15.5 Å². The number of anilines is 4. The van der Waals surface area contributed by atoms with Crippen LogP contribution in [0.1, 0.15) is 34.1 Å². The number of rotatable bonds is 9. The summed E-state index contributed by atoms with van der Waals surface area (Å²) in [4.78, 5) is 25.4. The fraction of sp³-hybridized carbons (Fsp3) is 0.304. The van der Waals surface area contributed by atoms with Gasteiger partial charge >= 0.3 is 6.18 Å². The van der Waals surface area contributed by atoms with Crippen molar-refractivity contribution in [2.24, 2.45) is 0 Å². The summed E-state index contributed by atoms with van der Waals surface area (Å²) in [6.45, 7) is 2.92. The van der Waals surface area contributed by atoms with Crippen LogP contribution in [0.15, 0.2) is 42.6 Å². The Balaban J connectivity index is 1.87. The smallest absolute Gasteiger partial charge is 0.365 e. The molecule has 3 aromatic rings. The van der Waals surface area contributed by atoms with Crippen LogP contribution in [0.3, 0.4) is 0 Å². The normalized spacial score (nSPS) is 11.6. The third kappa shape index (κ3) is 7.29. The molecule has 3 N–H and O–H groups in total. The first kappa shape index (κ1) is 27.6. The Morgan fingerprint density at radius 1 is 1.03 bits per heavy atom. The Morgan fingerprint density at radius 2 is 1.70 bits per heavy atom. The lowest BCUT2D eigenvalue weighted by atomic mass is 10.2. The number of amides is 1. The molecule has 0 aliphatic carbocycles. The zero-order valence-corrected chi connectivity index (χ0v) is 21.3. The molecule has 0 aliphatic heterocycles. The molecule has 198 valence electrons. The molecule has 1 amide bonds. The van der Waals surface area contributed by atoms with Crippen LogP contribution in [-0.4, -0.2) is 54.0 Å². The van der Waals surface area contributed by atoms with Crippen molar-refractivity contribution in [2.45, 2.75) is 26.6 Å². The van der Waals surface area contributed by atoms with Gasteiger partial charge in [0.25, 0.3) is 5.91 Å². The van der Waals surface area contributed by atoms with Crippen molar-refractivity contribution in [3.63, 3.8) is 0 Å². The maximum Gasteiger partial charge on any atom is 0.421 e. The summed E-state index contributed by atoms with van der Waals surface area (Å²) >= 11 is 0. The van der Waals surface area contributed by atoms with Crippen molar-refractivity contribution in [2.75, 3.05) is 35.2 Å². The number of halogens is 3. The molecule has 0 spiro atoms. The van der Waals surface area contributed by atoms with E-state index in [1.54, 1.807) is 57.4 Å². The summed E-state index contributed by atoms with van der Waals surface area (Å²) in [6, 6.07) is 9.47. The molecule has 0 saturated carbocycles. The molecule has 2 heterocycles. The molecule has 0 atom stereocenters. The molecule has 1 aromatic carbocycles. The van der Waals surface area contributed by atoms with Crippen molar-refractivity contribution >= 4 is 39.2 Å². The first-order chi connectivity index (χ1) is 17.3. The van der Waals surface area contributed by atoms with Crippen molar-refractivity contribution in [1.82, 2.24) is 19.9 Å². The number of carbonyl (C=O) groups excluding carboxylic acids is 1. The van der Waals surface area contributed by atoms with Gasteiger partial charge in [0.2, 0.25) is 16.0 Å². The number of nitrogens with zero attached hydrogens (tertiary/aromatic N) is 4. The highest BCUT2D eigenvalue weighted by atomic mass is 32.2. The number of alkyl halides is 3. The maximum absolute atomic E-state index is 13.6. The molecule has 0 unspecified atom stereocenters. The molecule has 0 saturated heterocycles. The molecule has 37 heavy (non-hydrogen) atoms. The van der Waals surface area contributed by atoms with Crippen LogP contribution in [0, 0.1) is 6.92 Å². The van der Waals surface area contributed by atoms with Crippen LogP contribution < -0.4 is 15.4 Å².